The lowest BCUT2D eigenvalue weighted by molar-refractivity contribution is -0.114. The van der Waals surface area contributed by atoms with Gasteiger partial charge in [0.2, 0.25) is 11.9 Å². The van der Waals surface area contributed by atoms with E-state index in [2.05, 4.69) is 77.7 Å². The molecule has 0 unspecified atom stereocenters. The van der Waals surface area contributed by atoms with Crippen molar-refractivity contribution in [3.63, 3.8) is 0 Å². The van der Waals surface area contributed by atoms with Gasteiger partial charge in [-0.2, -0.15) is 19.6 Å². The van der Waals surface area contributed by atoms with Crippen molar-refractivity contribution in [1.29, 1.82) is 0 Å². The molecule has 234 valence electrons. The molecule has 0 amide bonds. The Bertz CT molecular complexity index is 1740. The minimum Gasteiger partial charge on any atom is -0.350 e. The highest BCUT2D eigenvalue weighted by Crippen LogP contribution is 2.35. The number of ketones is 1. The Morgan fingerprint density at radius 1 is 1.09 bits per heavy atom. The third kappa shape index (κ3) is 6.84. The van der Waals surface area contributed by atoms with Crippen molar-refractivity contribution in [3.8, 4) is 0 Å². The van der Waals surface area contributed by atoms with Crippen LogP contribution in [0, 0.1) is 0 Å². The van der Waals surface area contributed by atoms with Crippen LogP contribution in [-0.2, 0) is 24.2 Å². The molecule has 0 saturated carbocycles. The number of rotatable bonds is 11. The van der Waals surface area contributed by atoms with Crippen molar-refractivity contribution >= 4 is 35.0 Å². The van der Waals surface area contributed by atoms with Gasteiger partial charge in [-0.05, 0) is 78.7 Å². The smallest absolute Gasteiger partial charge is 0.230 e. The molecule has 3 N–H and O–H groups in total. The van der Waals surface area contributed by atoms with Crippen LogP contribution in [0.4, 0.5) is 11.9 Å². The Hall–Kier alpha value is -4.34. The van der Waals surface area contributed by atoms with E-state index in [9.17, 15) is 4.79 Å². The van der Waals surface area contributed by atoms with Gasteiger partial charge in [-0.15, -0.1) is 0 Å². The molecule has 6 rings (SSSR count). The first-order valence-corrected chi connectivity index (χ1v) is 16.0. The monoisotopic (exact) mass is 604 g/mol. The summed E-state index contributed by atoms with van der Waals surface area (Å²) < 4.78 is 1.83. The van der Waals surface area contributed by atoms with Crippen LogP contribution in [0.2, 0.25) is 0 Å². The molecule has 2 aromatic heterocycles. The number of piperidine rings is 1. The average Bonchev–Trinajstić information content (AvgIpc) is 3.66. The van der Waals surface area contributed by atoms with Crippen LogP contribution in [0.1, 0.15) is 66.0 Å². The molecule has 9 nitrogen and oxygen atoms in total. The molecule has 0 spiro atoms. The first-order chi connectivity index (χ1) is 21.8. The van der Waals surface area contributed by atoms with Gasteiger partial charge in [-0.3, -0.25) is 4.79 Å². The minimum atomic E-state index is 0.130. The topological polar surface area (TPSA) is 105 Å². The predicted molar refractivity (Wildman–Crippen MR) is 182 cm³/mol. The molecule has 1 aliphatic carbocycles. The number of benzene rings is 2. The van der Waals surface area contributed by atoms with Crippen LogP contribution in [0.3, 0.4) is 0 Å². The fourth-order valence-electron chi connectivity index (χ4n) is 6.22. The zero-order valence-corrected chi connectivity index (χ0v) is 26.8. The van der Waals surface area contributed by atoms with Crippen molar-refractivity contribution in [3.05, 3.63) is 94.2 Å². The van der Waals surface area contributed by atoms with E-state index in [1.54, 1.807) is 6.08 Å². The quantitative estimate of drug-likeness (QED) is 0.228. The number of hydrogen-bond acceptors (Lipinski definition) is 8. The molecule has 1 saturated heterocycles. The number of carbonyl (C=O) groups is 1. The summed E-state index contributed by atoms with van der Waals surface area (Å²) in [5, 5.41) is 8.29. The van der Waals surface area contributed by atoms with E-state index in [1.807, 2.05) is 35.8 Å². The first kappa shape index (κ1) is 30.7. The summed E-state index contributed by atoms with van der Waals surface area (Å²) in [7, 11) is 3.99. The fraction of sp³-hybridized carbons (Fsp3) is 0.389. The lowest BCUT2D eigenvalue weighted by atomic mass is 9.95. The third-order valence-electron chi connectivity index (χ3n) is 8.77. The van der Waals surface area contributed by atoms with E-state index in [0.29, 0.717) is 24.8 Å². The van der Waals surface area contributed by atoms with Gasteiger partial charge in [0, 0.05) is 44.2 Å². The second-order valence-electron chi connectivity index (χ2n) is 12.8. The maximum absolute atomic E-state index is 12.7. The van der Waals surface area contributed by atoms with Gasteiger partial charge in [0.25, 0.3) is 0 Å². The van der Waals surface area contributed by atoms with E-state index in [1.165, 1.54) is 27.8 Å². The molecule has 0 bridgehead atoms. The van der Waals surface area contributed by atoms with Gasteiger partial charge < -0.3 is 20.9 Å². The number of anilines is 2. The molecule has 9 heteroatoms. The Labute approximate surface area is 265 Å². The van der Waals surface area contributed by atoms with Crippen molar-refractivity contribution in [2.24, 2.45) is 5.73 Å². The first-order valence-electron chi connectivity index (χ1n) is 16.0. The number of hydrogen-bond donors (Lipinski definition) is 2. The molecule has 1 fully saturated rings. The Balaban J connectivity index is 1.23. The Morgan fingerprint density at radius 3 is 2.64 bits per heavy atom. The molecular weight excluding hydrogens is 560 g/mol. The SMILES string of the molecule is CC(C)c1cnn2c(NCc3ccccc3C3=Cc4cccc(CC(=O)/C=C/CN(C)C)c4C3)nc(N3CCC(N)CC3)nc12. The summed E-state index contributed by atoms with van der Waals surface area (Å²) in [6, 6.07) is 15.1. The maximum Gasteiger partial charge on any atom is 0.230 e. The number of fused-ring (bicyclic) bond motifs is 2. The summed E-state index contributed by atoms with van der Waals surface area (Å²) in [5.74, 6) is 1.82. The van der Waals surface area contributed by atoms with E-state index in [0.717, 1.165) is 61.6 Å². The molecule has 0 atom stereocenters. The zero-order valence-electron chi connectivity index (χ0n) is 26.8. The number of nitrogens with two attached hydrogens (primary N) is 1. The van der Waals surface area contributed by atoms with Crippen molar-refractivity contribution in [2.45, 2.75) is 58.0 Å². The molecular formula is C36H44N8O. The van der Waals surface area contributed by atoms with Crippen LogP contribution < -0.4 is 16.0 Å². The number of nitrogens with zero attached hydrogens (tertiary/aromatic N) is 6. The van der Waals surface area contributed by atoms with Crippen LogP contribution in [0.15, 0.2) is 60.8 Å². The van der Waals surface area contributed by atoms with Crippen LogP contribution >= 0.6 is 0 Å². The average molecular weight is 605 g/mol. The molecule has 1 aliphatic heterocycles. The maximum atomic E-state index is 12.7. The van der Waals surface area contributed by atoms with E-state index in [-0.39, 0.29) is 11.8 Å². The molecule has 2 aliphatic rings. The van der Waals surface area contributed by atoms with Crippen molar-refractivity contribution in [2.75, 3.05) is 43.9 Å². The lowest BCUT2D eigenvalue weighted by Gasteiger charge is -2.30. The van der Waals surface area contributed by atoms with Gasteiger partial charge in [0.05, 0.1) is 6.20 Å². The summed E-state index contributed by atoms with van der Waals surface area (Å²) in [5.41, 5.74) is 15.3. The molecule has 3 heterocycles. The lowest BCUT2D eigenvalue weighted by Crippen LogP contribution is -2.40. The second-order valence-corrected chi connectivity index (χ2v) is 12.8. The number of aromatic nitrogens is 4. The van der Waals surface area contributed by atoms with Crippen LogP contribution in [-0.4, -0.2) is 70.0 Å². The second kappa shape index (κ2) is 13.3. The summed E-state index contributed by atoms with van der Waals surface area (Å²) in [6.45, 7) is 7.36. The largest absolute Gasteiger partial charge is 0.350 e. The Kier molecular flexibility index (Phi) is 9.09. The highest BCUT2D eigenvalue weighted by molar-refractivity contribution is 5.94. The normalized spacial score (nSPS) is 15.4. The van der Waals surface area contributed by atoms with Gasteiger partial charge in [-0.25, -0.2) is 0 Å². The molecule has 0 radical (unpaired) electrons. The van der Waals surface area contributed by atoms with Crippen molar-refractivity contribution < 1.29 is 4.79 Å². The van der Waals surface area contributed by atoms with E-state index in [4.69, 9.17) is 15.7 Å². The minimum absolute atomic E-state index is 0.130. The van der Waals surface area contributed by atoms with Gasteiger partial charge in [0.15, 0.2) is 11.4 Å². The summed E-state index contributed by atoms with van der Waals surface area (Å²) in [6.07, 6.45) is 10.9. The molecule has 45 heavy (non-hydrogen) atoms. The highest BCUT2D eigenvalue weighted by Gasteiger charge is 2.23. The number of carbonyl (C=O) groups excluding carboxylic acids is 1. The van der Waals surface area contributed by atoms with Crippen molar-refractivity contribution in [1.82, 2.24) is 24.5 Å². The van der Waals surface area contributed by atoms with Crippen LogP contribution in [0.25, 0.3) is 17.3 Å². The highest BCUT2D eigenvalue weighted by atomic mass is 16.1. The van der Waals surface area contributed by atoms with Gasteiger partial charge in [0.1, 0.15) is 0 Å². The predicted octanol–water partition coefficient (Wildman–Crippen LogP) is 5.11. The third-order valence-corrected chi connectivity index (χ3v) is 8.77. The van der Waals surface area contributed by atoms with Crippen LogP contribution in [0.5, 0.6) is 0 Å². The van der Waals surface area contributed by atoms with E-state index >= 15 is 0 Å². The van der Waals surface area contributed by atoms with E-state index < -0.39 is 0 Å². The zero-order chi connectivity index (χ0) is 31.5. The molecule has 4 aromatic rings. The number of allylic oxidation sites excluding steroid dienone is 2. The Morgan fingerprint density at radius 2 is 1.87 bits per heavy atom. The van der Waals surface area contributed by atoms with Gasteiger partial charge >= 0.3 is 0 Å². The van der Waals surface area contributed by atoms with Gasteiger partial charge in [-0.1, -0.05) is 68.5 Å². The summed E-state index contributed by atoms with van der Waals surface area (Å²) in [4.78, 5) is 27.0. The summed E-state index contributed by atoms with van der Waals surface area (Å²) >= 11 is 0. The fourth-order valence-corrected chi connectivity index (χ4v) is 6.22. The number of likely N-dealkylation sites (N-methyl/N-ethyl adjacent to an activating group) is 1. The standard InChI is InChI=1S/C36H44N8O/c1-24(2)33-23-39-44-34(33)40-36(43-17-14-29(37)15-18-43)41-35(44)38-22-27-9-5-6-13-31(27)28-19-25-10-7-11-26(32(25)21-28)20-30(45)12-8-16-42(3)4/h5-13,19,23-24,29H,14-18,20-22,37H2,1-4H3,(H,38,40,41)/b12-8+. The number of nitrogens with one attached hydrogen (secondary N) is 1. The molecule has 2 aromatic carbocycles.